The molecule has 3 aromatic carbocycles. The summed E-state index contributed by atoms with van der Waals surface area (Å²) in [5.41, 5.74) is 2.79. The Labute approximate surface area is 156 Å². The lowest BCUT2D eigenvalue weighted by Gasteiger charge is -2.13. The Morgan fingerprint density at radius 2 is 1.81 bits per heavy atom. The second-order valence-electron chi connectivity index (χ2n) is 5.82. The van der Waals surface area contributed by atoms with Gasteiger partial charge in [0, 0.05) is 10.7 Å². The molecule has 0 spiro atoms. The van der Waals surface area contributed by atoms with Crippen molar-refractivity contribution in [1.29, 1.82) is 0 Å². The summed E-state index contributed by atoms with van der Waals surface area (Å²) in [7, 11) is 0. The molecular formula is C21H17ClFNO2. The van der Waals surface area contributed by atoms with Crippen LogP contribution in [-0.2, 0) is 6.61 Å². The Morgan fingerprint density at radius 1 is 1.08 bits per heavy atom. The fourth-order valence-electron chi connectivity index (χ4n) is 2.48. The summed E-state index contributed by atoms with van der Waals surface area (Å²) in [5, 5.41) is 3.49. The van der Waals surface area contributed by atoms with Gasteiger partial charge in [0.1, 0.15) is 18.2 Å². The lowest BCUT2D eigenvalue weighted by molar-refractivity contribution is 0.102. The second-order valence-corrected chi connectivity index (χ2v) is 6.26. The first-order chi connectivity index (χ1) is 12.5. The Balaban J connectivity index is 1.75. The molecule has 1 amide bonds. The van der Waals surface area contributed by atoms with Crippen LogP contribution in [0.5, 0.6) is 5.75 Å². The van der Waals surface area contributed by atoms with Crippen LogP contribution < -0.4 is 10.1 Å². The van der Waals surface area contributed by atoms with Gasteiger partial charge in [0.2, 0.25) is 0 Å². The predicted octanol–water partition coefficient (Wildman–Crippen LogP) is 5.62. The molecule has 0 aliphatic rings. The van der Waals surface area contributed by atoms with Gasteiger partial charge in [0.05, 0.1) is 5.56 Å². The SMILES string of the molecule is Cc1cc(Cl)ccc1NC(=O)c1ccccc1OCc1ccc(F)cc1. The van der Waals surface area contributed by atoms with E-state index in [1.807, 2.05) is 6.92 Å². The average Bonchev–Trinajstić information content (AvgIpc) is 2.64. The van der Waals surface area contributed by atoms with Gasteiger partial charge in [-0.25, -0.2) is 4.39 Å². The smallest absolute Gasteiger partial charge is 0.259 e. The molecule has 3 nitrogen and oxygen atoms in total. The van der Waals surface area contributed by atoms with Crippen LogP contribution in [0, 0.1) is 12.7 Å². The van der Waals surface area contributed by atoms with E-state index >= 15 is 0 Å². The minimum Gasteiger partial charge on any atom is -0.488 e. The molecule has 26 heavy (non-hydrogen) atoms. The van der Waals surface area contributed by atoms with Gasteiger partial charge in [-0.15, -0.1) is 0 Å². The molecule has 0 fully saturated rings. The minimum atomic E-state index is -0.299. The van der Waals surface area contributed by atoms with Gasteiger partial charge in [-0.2, -0.15) is 0 Å². The molecule has 0 aliphatic heterocycles. The highest BCUT2D eigenvalue weighted by Gasteiger charge is 2.13. The maximum absolute atomic E-state index is 13.0. The van der Waals surface area contributed by atoms with Gasteiger partial charge in [-0.05, 0) is 60.5 Å². The summed E-state index contributed by atoms with van der Waals surface area (Å²) in [5.74, 6) is -0.113. The van der Waals surface area contributed by atoms with Crippen LogP contribution in [0.2, 0.25) is 5.02 Å². The van der Waals surface area contributed by atoms with Crippen LogP contribution in [0.4, 0.5) is 10.1 Å². The maximum Gasteiger partial charge on any atom is 0.259 e. The maximum atomic E-state index is 13.0. The lowest BCUT2D eigenvalue weighted by atomic mass is 10.1. The summed E-state index contributed by atoms with van der Waals surface area (Å²) in [6.45, 7) is 2.11. The molecule has 0 aromatic heterocycles. The van der Waals surface area contributed by atoms with Gasteiger partial charge in [0.15, 0.2) is 0 Å². The number of carbonyl (C=O) groups is 1. The van der Waals surface area contributed by atoms with Crippen molar-refractivity contribution in [2.24, 2.45) is 0 Å². The topological polar surface area (TPSA) is 38.3 Å². The third kappa shape index (κ3) is 4.41. The molecule has 1 N–H and O–H groups in total. The number of hydrogen-bond acceptors (Lipinski definition) is 2. The molecule has 0 atom stereocenters. The fraction of sp³-hybridized carbons (Fsp3) is 0.0952. The zero-order chi connectivity index (χ0) is 18.5. The minimum absolute atomic E-state index is 0.241. The summed E-state index contributed by atoms with van der Waals surface area (Å²) in [6.07, 6.45) is 0. The number of hydrogen-bond donors (Lipinski definition) is 1. The molecule has 0 aliphatic carbocycles. The Hall–Kier alpha value is -2.85. The molecule has 132 valence electrons. The monoisotopic (exact) mass is 369 g/mol. The first kappa shape index (κ1) is 18.0. The number of carbonyl (C=O) groups excluding carboxylic acids is 1. The average molecular weight is 370 g/mol. The highest BCUT2D eigenvalue weighted by molar-refractivity contribution is 6.30. The number of halogens is 2. The Kier molecular flexibility index (Phi) is 5.54. The van der Waals surface area contributed by atoms with E-state index in [2.05, 4.69) is 5.32 Å². The van der Waals surface area contributed by atoms with Crippen LogP contribution >= 0.6 is 11.6 Å². The van der Waals surface area contributed by atoms with E-state index < -0.39 is 0 Å². The van der Waals surface area contributed by atoms with E-state index in [9.17, 15) is 9.18 Å². The van der Waals surface area contributed by atoms with E-state index in [-0.39, 0.29) is 18.3 Å². The summed E-state index contributed by atoms with van der Waals surface area (Å²) in [6, 6.07) is 18.3. The molecular weight excluding hydrogens is 353 g/mol. The molecule has 3 aromatic rings. The first-order valence-electron chi connectivity index (χ1n) is 8.07. The van der Waals surface area contributed by atoms with Crippen molar-refractivity contribution in [3.63, 3.8) is 0 Å². The zero-order valence-corrected chi connectivity index (χ0v) is 14.9. The Morgan fingerprint density at radius 3 is 2.54 bits per heavy atom. The van der Waals surface area contributed by atoms with E-state index in [0.717, 1.165) is 11.1 Å². The van der Waals surface area contributed by atoms with Gasteiger partial charge < -0.3 is 10.1 Å². The second kappa shape index (κ2) is 8.02. The summed E-state index contributed by atoms with van der Waals surface area (Å²) in [4.78, 5) is 12.7. The van der Waals surface area contributed by atoms with Crippen LogP contribution in [0.15, 0.2) is 66.7 Å². The third-order valence-corrected chi connectivity index (χ3v) is 4.11. The van der Waals surface area contributed by atoms with Gasteiger partial charge in [0.25, 0.3) is 5.91 Å². The number of aryl methyl sites for hydroxylation is 1. The van der Waals surface area contributed by atoms with Crippen LogP contribution in [0.3, 0.4) is 0 Å². The van der Waals surface area contributed by atoms with Gasteiger partial charge >= 0.3 is 0 Å². The molecule has 0 saturated heterocycles. The van der Waals surface area contributed by atoms with Crippen molar-refractivity contribution < 1.29 is 13.9 Å². The lowest BCUT2D eigenvalue weighted by Crippen LogP contribution is -2.14. The van der Waals surface area contributed by atoms with Crippen molar-refractivity contribution in [2.45, 2.75) is 13.5 Å². The number of anilines is 1. The van der Waals surface area contributed by atoms with Crippen molar-refractivity contribution in [3.05, 3.63) is 94.3 Å². The summed E-state index contributed by atoms with van der Waals surface area (Å²) >= 11 is 5.95. The molecule has 3 rings (SSSR count). The first-order valence-corrected chi connectivity index (χ1v) is 8.44. The highest BCUT2D eigenvalue weighted by atomic mass is 35.5. The van der Waals surface area contributed by atoms with E-state index in [4.69, 9.17) is 16.3 Å². The van der Waals surface area contributed by atoms with Crippen molar-refractivity contribution in [1.82, 2.24) is 0 Å². The third-order valence-electron chi connectivity index (χ3n) is 3.88. The predicted molar refractivity (Wildman–Crippen MR) is 101 cm³/mol. The van der Waals surface area contributed by atoms with Crippen LogP contribution in [0.25, 0.3) is 0 Å². The number of nitrogens with one attached hydrogen (secondary N) is 1. The molecule has 0 saturated carbocycles. The van der Waals surface area contributed by atoms with Gasteiger partial charge in [-0.1, -0.05) is 35.9 Å². The number of rotatable bonds is 5. The molecule has 0 unspecified atom stereocenters. The Bertz CT molecular complexity index is 926. The van der Waals surface area contributed by atoms with E-state index in [1.165, 1.54) is 12.1 Å². The quantitative estimate of drug-likeness (QED) is 0.634. The van der Waals surface area contributed by atoms with Crippen molar-refractivity contribution in [2.75, 3.05) is 5.32 Å². The van der Waals surface area contributed by atoms with E-state index in [0.29, 0.717) is 22.0 Å². The standard InChI is InChI=1S/C21H17ClFNO2/c1-14-12-16(22)8-11-19(14)24-21(25)18-4-2-3-5-20(18)26-13-15-6-9-17(23)10-7-15/h2-12H,13H2,1H3,(H,24,25). The number of amides is 1. The molecule has 5 heteroatoms. The number of benzene rings is 3. The van der Waals surface area contributed by atoms with Crippen molar-refractivity contribution >= 4 is 23.2 Å². The van der Waals surface area contributed by atoms with E-state index in [1.54, 1.807) is 54.6 Å². The van der Waals surface area contributed by atoms with Crippen molar-refractivity contribution in [3.8, 4) is 5.75 Å². The molecule has 0 heterocycles. The zero-order valence-electron chi connectivity index (χ0n) is 14.1. The van der Waals surface area contributed by atoms with Crippen LogP contribution in [-0.4, -0.2) is 5.91 Å². The highest BCUT2D eigenvalue weighted by Crippen LogP contribution is 2.24. The fourth-order valence-corrected chi connectivity index (χ4v) is 2.71. The largest absolute Gasteiger partial charge is 0.488 e. The normalized spacial score (nSPS) is 10.4. The number of para-hydroxylation sites is 1. The van der Waals surface area contributed by atoms with Gasteiger partial charge in [-0.3, -0.25) is 4.79 Å². The van der Waals surface area contributed by atoms with Crippen LogP contribution in [0.1, 0.15) is 21.5 Å². The molecule has 0 radical (unpaired) electrons. The summed E-state index contributed by atoms with van der Waals surface area (Å²) < 4.78 is 18.7. The number of ether oxygens (including phenoxy) is 1. The molecule has 0 bridgehead atoms.